The van der Waals surface area contributed by atoms with Gasteiger partial charge >= 0.3 is 0 Å². The van der Waals surface area contributed by atoms with E-state index in [1.165, 1.54) is 11.9 Å². The first kappa shape index (κ1) is 20.6. The number of imidazole rings is 1. The van der Waals surface area contributed by atoms with Gasteiger partial charge in [0.2, 0.25) is 0 Å². The zero-order valence-corrected chi connectivity index (χ0v) is 18.0. The molecule has 12 heteroatoms. The predicted octanol–water partition coefficient (Wildman–Crippen LogP) is 4.03. The second-order valence-electron chi connectivity index (χ2n) is 7.60. The zero-order chi connectivity index (χ0) is 21.4. The number of nitrogens with zero attached hydrogens (tertiary/aromatic N) is 5. The van der Waals surface area contributed by atoms with Crippen LogP contribution in [0.3, 0.4) is 0 Å². The highest BCUT2D eigenvalue weighted by Gasteiger charge is 2.43. The predicted molar refractivity (Wildman–Crippen MR) is 113 cm³/mol. The maximum absolute atomic E-state index is 13.0. The third-order valence-corrected chi connectivity index (χ3v) is 7.22. The summed E-state index contributed by atoms with van der Waals surface area (Å²) in [5.41, 5.74) is 1.23. The Morgan fingerprint density at radius 3 is 2.81 bits per heavy atom. The molecule has 2 N–H and O–H groups in total. The highest BCUT2D eigenvalue weighted by atomic mass is 32.2. The Balaban J connectivity index is 1.51. The van der Waals surface area contributed by atoms with E-state index in [1.54, 1.807) is 6.20 Å². The van der Waals surface area contributed by atoms with Crippen LogP contribution in [0.15, 0.2) is 23.4 Å². The summed E-state index contributed by atoms with van der Waals surface area (Å²) >= 11 is 2.22. The summed E-state index contributed by atoms with van der Waals surface area (Å²) in [4.78, 5) is 5.33. The fourth-order valence-corrected chi connectivity index (χ4v) is 4.99. The number of nitriles is 1. The highest BCUT2D eigenvalue weighted by molar-refractivity contribution is 7.97. The number of hydrogen-bond acceptors (Lipinski definition) is 9. The standard InChI is InChI=1S/C19H19F2N7OS2/c20-15(21)17-25-26-18(30-17)16-23-8-14-13(24-11-1-5-29-6-2-11)7-12(9-28(14)16)31-27-19(10-22)3-4-19/h7-9,11,15,24,27H,1-6H2. The van der Waals surface area contributed by atoms with Gasteiger partial charge in [-0.2, -0.15) is 5.26 Å². The molecule has 0 unspecified atom stereocenters. The topological polar surface area (TPSA) is 100 Å². The molecule has 0 radical (unpaired) electrons. The summed E-state index contributed by atoms with van der Waals surface area (Å²) < 4.78 is 36.5. The molecule has 3 aromatic heterocycles. The summed E-state index contributed by atoms with van der Waals surface area (Å²) in [5.74, 6) is 0.457. The molecule has 1 saturated carbocycles. The maximum atomic E-state index is 13.0. The molecule has 31 heavy (non-hydrogen) atoms. The molecule has 1 saturated heterocycles. The first-order valence-corrected chi connectivity index (χ1v) is 11.5. The van der Waals surface area contributed by atoms with Gasteiger partial charge in [0.1, 0.15) is 5.54 Å². The zero-order valence-electron chi connectivity index (χ0n) is 16.3. The number of rotatable bonds is 7. The van der Waals surface area contributed by atoms with Crippen molar-refractivity contribution in [1.29, 1.82) is 5.26 Å². The molecule has 2 fully saturated rings. The lowest BCUT2D eigenvalue weighted by Gasteiger charge is -2.25. The number of pyridine rings is 1. The number of anilines is 1. The van der Waals surface area contributed by atoms with Gasteiger partial charge in [-0.05, 0) is 43.7 Å². The van der Waals surface area contributed by atoms with Crippen LogP contribution in [0.1, 0.15) is 37.1 Å². The van der Waals surface area contributed by atoms with E-state index in [2.05, 4.69) is 31.3 Å². The molecule has 5 rings (SSSR count). The molecule has 162 valence electrons. The number of ether oxygens (including phenoxy) is 1. The van der Waals surface area contributed by atoms with Crippen LogP contribution in [0.5, 0.6) is 0 Å². The van der Waals surface area contributed by atoms with E-state index in [0.29, 0.717) is 24.0 Å². The Kier molecular flexibility index (Phi) is 5.51. The lowest BCUT2D eigenvalue weighted by Crippen LogP contribution is -2.28. The van der Waals surface area contributed by atoms with Crippen molar-refractivity contribution in [1.82, 2.24) is 24.3 Å². The number of halogens is 2. The van der Waals surface area contributed by atoms with Gasteiger partial charge in [0.05, 0.1) is 23.5 Å². The minimum atomic E-state index is -2.67. The molecule has 2 aliphatic rings. The Bertz CT molecular complexity index is 1130. The van der Waals surface area contributed by atoms with Crippen LogP contribution in [0, 0.1) is 11.3 Å². The lowest BCUT2D eigenvalue weighted by molar-refractivity contribution is 0.0904. The van der Waals surface area contributed by atoms with E-state index < -0.39 is 12.0 Å². The third-order valence-electron chi connectivity index (χ3n) is 5.34. The van der Waals surface area contributed by atoms with E-state index in [-0.39, 0.29) is 11.0 Å². The Morgan fingerprint density at radius 1 is 1.32 bits per heavy atom. The van der Waals surface area contributed by atoms with Gasteiger partial charge < -0.3 is 10.1 Å². The summed E-state index contributed by atoms with van der Waals surface area (Å²) in [5, 5.41) is 20.4. The normalized spacial score (nSPS) is 18.4. The van der Waals surface area contributed by atoms with Gasteiger partial charge in [-0.1, -0.05) is 11.3 Å². The first-order valence-electron chi connectivity index (χ1n) is 9.89. The van der Waals surface area contributed by atoms with Crippen LogP contribution in [-0.2, 0) is 4.74 Å². The van der Waals surface area contributed by atoms with Crippen molar-refractivity contribution in [3.63, 3.8) is 0 Å². The van der Waals surface area contributed by atoms with Crippen molar-refractivity contribution in [2.75, 3.05) is 18.5 Å². The molecular formula is C19H19F2N7OS2. The summed E-state index contributed by atoms with van der Waals surface area (Å²) in [6, 6.07) is 4.61. The van der Waals surface area contributed by atoms with E-state index >= 15 is 0 Å². The summed E-state index contributed by atoms with van der Waals surface area (Å²) in [6.45, 7) is 1.42. The molecule has 0 bridgehead atoms. The smallest absolute Gasteiger partial charge is 0.291 e. The van der Waals surface area contributed by atoms with E-state index in [0.717, 1.165) is 53.1 Å². The van der Waals surface area contributed by atoms with Crippen molar-refractivity contribution in [3.05, 3.63) is 23.5 Å². The van der Waals surface area contributed by atoms with Crippen molar-refractivity contribution >= 4 is 34.5 Å². The molecule has 1 aliphatic heterocycles. The van der Waals surface area contributed by atoms with Crippen LogP contribution in [0.25, 0.3) is 16.3 Å². The van der Waals surface area contributed by atoms with E-state index in [1.807, 2.05) is 16.7 Å². The lowest BCUT2D eigenvalue weighted by atomic mass is 10.1. The number of alkyl halides is 2. The third kappa shape index (κ3) is 4.23. The van der Waals surface area contributed by atoms with Crippen molar-refractivity contribution in [3.8, 4) is 16.9 Å². The van der Waals surface area contributed by atoms with Gasteiger partial charge in [0.15, 0.2) is 15.8 Å². The molecule has 1 aliphatic carbocycles. The quantitative estimate of drug-likeness (QED) is 0.507. The maximum Gasteiger partial charge on any atom is 0.291 e. The first-order chi connectivity index (χ1) is 15.1. The Morgan fingerprint density at radius 2 is 2.13 bits per heavy atom. The number of aromatic nitrogens is 4. The van der Waals surface area contributed by atoms with Gasteiger partial charge in [0, 0.05) is 30.3 Å². The van der Waals surface area contributed by atoms with Crippen LogP contribution >= 0.6 is 23.3 Å². The number of fused-ring (bicyclic) bond motifs is 1. The second-order valence-corrected chi connectivity index (χ2v) is 9.49. The largest absolute Gasteiger partial charge is 0.381 e. The van der Waals surface area contributed by atoms with Crippen LogP contribution in [-0.4, -0.2) is 44.4 Å². The van der Waals surface area contributed by atoms with Crippen molar-refractivity contribution < 1.29 is 13.5 Å². The number of hydrogen-bond donors (Lipinski definition) is 2. The average Bonchev–Trinajstić information content (AvgIpc) is 3.18. The molecule has 4 heterocycles. The van der Waals surface area contributed by atoms with Crippen LogP contribution < -0.4 is 10.0 Å². The Labute approximate surface area is 185 Å². The summed E-state index contributed by atoms with van der Waals surface area (Å²) in [6.07, 6.45) is 4.36. The van der Waals surface area contributed by atoms with Crippen LogP contribution in [0.4, 0.5) is 14.5 Å². The van der Waals surface area contributed by atoms with Crippen molar-refractivity contribution in [2.24, 2.45) is 0 Å². The van der Waals surface area contributed by atoms with Gasteiger partial charge in [-0.3, -0.25) is 4.40 Å². The van der Waals surface area contributed by atoms with E-state index in [9.17, 15) is 14.0 Å². The molecule has 0 amide bonds. The van der Waals surface area contributed by atoms with Gasteiger partial charge in [-0.15, -0.1) is 10.2 Å². The molecule has 0 aromatic carbocycles. The molecule has 0 spiro atoms. The van der Waals surface area contributed by atoms with Crippen LogP contribution in [0.2, 0.25) is 0 Å². The highest BCUT2D eigenvalue weighted by Crippen LogP contribution is 2.39. The minimum Gasteiger partial charge on any atom is -0.381 e. The molecular weight excluding hydrogens is 444 g/mol. The summed E-state index contributed by atoms with van der Waals surface area (Å²) in [7, 11) is 0. The van der Waals surface area contributed by atoms with Gasteiger partial charge in [0.25, 0.3) is 6.43 Å². The second kappa shape index (κ2) is 8.31. The molecule has 0 atom stereocenters. The van der Waals surface area contributed by atoms with Crippen molar-refractivity contribution in [2.45, 2.75) is 48.6 Å². The Hall–Kier alpha value is -2.33. The molecule has 8 nitrogen and oxygen atoms in total. The minimum absolute atomic E-state index is 0.268. The monoisotopic (exact) mass is 463 g/mol. The van der Waals surface area contributed by atoms with E-state index in [4.69, 9.17) is 4.74 Å². The SMILES string of the molecule is N#CC1(NSc2cc(NC3CCOCC3)c3cnc(-c4nnc(C(F)F)s4)n3c2)CC1. The average molecular weight is 464 g/mol. The fourth-order valence-electron chi connectivity index (χ4n) is 3.39. The molecule has 3 aromatic rings. The van der Waals surface area contributed by atoms with Gasteiger partial charge in [-0.25, -0.2) is 18.5 Å². The number of nitrogens with one attached hydrogen (secondary N) is 2. The fraction of sp³-hybridized carbons (Fsp3) is 0.474.